The first-order chi connectivity index (χ1) is 17.1. The zero-order valence-electron chi connectivity index (χ0n) is 19.9. The van der Waals surface area contributed by atoms with Crippen LogP contribution in [0.15, 0.2) is 71.1 Å². The van der Waals surface area contributed by atoms with Gasteiger partial charge in [0.05, 0.1) is 35.6 Å². The number of ether oxygens (including phenoxy) is 2. The van der Waals surface area contributed by atoms with Crippen LogP contribution in [0.3, 0.4) is 0 Å². The molecule has 1 heterocycles. The molecule has 3 rings (SSSR count). The van der Waals surface area contributed by atoms with Gasteiger partial charge in [-0.1, -0.05) is 24.3 Å². The molecule has 190 valence electrons. The lowest BCUT2D eigenvalue weighted by atomic mass is 9.79. The summed E-state index contributed by atoms with van der Waals surface area (Å²) in [6.07, 6.45) is -1.13. The van der Waals surface area contributed by atoms with Gasteiger partial charge in [-0.3, -0.25) is 10.1 Å². The molecule has 11 nitrogen and oxygen atoms in total. The Labute approximate surface area is 206 Å². The number of para-hydroxylation sites is 2. The van der Waals surface area contributed by atoms with E-state index in [0.717, 1.165) is 0 Å². The molecule has 0 saturated heterocycles. The van der Waals surface area contributed by atoms with Gasteiger partial charge in [-0.2, -0.15) is 0 Å². The van der Waals surface area contributed by atoms with Gasteiger partial charge in [-0.15, -0.1) is 0 Å². The van der Waals surface area contributed by atoms with Crippen LogP contribution in [0.4, 0.5) is 5.69 Å². The first-order valence-electron chi connectivity index (χ1n) is 10.9. The van der Waals surface area contributed by atoms with Crippen molar-refractivity contribution >= 4 is 17.6 Å². The first kappa shape index (κ1) is 26.2. The molecule has 0 amide bonds. The number of rotatable bonds is 10. The molecule has 1 aliphatic rings. The van der Waals surface area contributed by atoms with Gasteiger partial charge in [-0.25, -0.2) is 9.59 Å². The molecule has 36 heavy (non-hydrogen) atoms. The third kappa shape index (κ3) is 5.31. The van der Waals surface area contributed by atoms with Crippen LogP contribution in [-0.4, -0.2) is 63.4 Å². The molecule has 0 radical (unpaired) electrons. The number of allylic oxidation sites excluding steroid dienone is 2. The highest BCUT2D eigenvalue weighted by Gasteiger charge is 2.40. The number of β-amino-alcohol motifs (C(OH)–C–C–N with tert-alkyl or cyclic N) is 1. The average Bonchev–Trinajstić information content (AvgIpc) is 2.84. The zero-order chi connectivity index (χ0) is 26.6. The summed E-state index contributed by atoms with van der Waals surface area (Å²) in [7, 11) is 1.48. The van der Waals surface area contributed by atoms with Crippen LogP contribution < -0.4 is 9.47 Å². The number of benzene rings is 2. The van der Waals surface area contributed by atoms with Gasteiger partial charge < -0.3 is 29.7 Å². The van der Waals surface area contributed by atoms with E-state index in [2.05, 4.69) is 0 Å². The van der Waals surface area contributed by atoms with Crippen molar-refractivity contribution in [2.24, 2.45) is 0 Å². The topological polar surface area (TPSA) is 160 Å². The fourth-order valence-corrected chi connectivity index (χ4v) is 4.27. The van der Waals surface area contributed by atoms with E-state index in [-0.39, 0.29) is 46.9 Å². The maximum absolute atomic E-state index is 12.3. The second-order valence-electron chi connectivity index (χ2n) is 8.12. The number of hydrogen-bond acceptors (Lipinski definition) is 8. The molecule has 1 aliphatic heterocycles. The fourth-order valence-electron chi connectivity index (χ4n) is 4.27. The standard InChI is InChI=1S/C25H26N2O9/c1-14-21(24(29)30)23(16-7-6-8-17(11-16)27(33)34)22(25(31)32)15(2)26(14)12-18(28)13-36-20-10-5-4-9-19(20)35-3/h4-11,18,23,28H,12-13H2,1-3H3,(H,29,30)(H,31,32). The van der Waals surface area contributed by atoms with Gasteiger partial charge in [-0.05, 0) is 31.5 Å². The van der Waals surface area contributed by atoms with Gasteiger partial charge in [0.15, 0.2) is 11.5 Å². The third-order valence-corrected chi connectivity index (χ3v) is 5.94. The highest BCUT2D eigenvalue weighted by molar-refractivity contribution is 5.98. The van der Waals surface area contributed by atoms with Crippen molar-refractivity contribution in [2.45, 2.75) is 25.9 Å². The van der Waals surface area contributed by atoms with E-state index < -0.39 is 28.9 Å². The lowest BCUT2D eigenvalue weighted by Gasteiger charge is -2.38. The van der Waals surface area contributed by atoms with Crippen LogP contribution in [0.5, 0.6) is 11.5 Å². The number of methoxy groups -OCH3 is 1. The summed E-state index contributed by atoms with van der Waals surface area (Å²) >= 11 is 0. The van der Waals surface area contributed by atoms with Gasteiger partial charge in [0.2, 0.25) is 0 Å². The van der Waals surface area contributed by atoms with Crippen LogP contribution >= 0.6 is 0 Å². The van der Waals surface area contributed by atoms with Crippen molar-refractivity contribution in [3.8, 4) is 11.5 Å². The first-order valence-corrected chi connectivity index (χ1v) is 10.9. The highest BCUT2D eigenvalue weighted by atomic mass is 16.6. The molecule has 11 heteroatoms. The Morgan fingerprint density at radius 1 is 1.03 bits per heavy atom. The largest absolute Gasteiger partial charge is 0.493 e. The van der Waals surface area contributed by atoms with Crippen LogP contribution in [0.25, 0.3) is 0 Å². The molecule has 2 aromatic rings. The third-order valence-electron chi connectivity index (χ3n) is 5.94. The number of non-ortho nitro benzene ring substituents is 1. The van der Waals surface area contributed by atoms with Crippen LogP contribution in [0, 0.1) is 10.1 Å². The molecule has 0 aromatic heterocycles. The normalized spacial score (nSPS) is 15.1. The SMILES string of the molecule is COc1ccccc1OCC(O)CN1C(C)=C(C(=O)O)C(c2cccc([N+](=O)[O-])c2)C(C(=O)O)=C1C. The van der Waals surface area contributed by atoms with Gasteiger partial charge in [0, 0.05) is 23.5 Å². The number of nitrogens with zero attached hydrogens (tertiary/aromatic N) is 2. The van der Waals surface area contributed by atoms with E-state index >= 15 is 0 Å². The van der Waals surface area contributed by atoms with Crippen molar-refractivity contribution in [3.63, 3.8) is 0 Å². The molecular weight excluding hydrogens is 472 g/mol. The van der Waals surface area contributed by atoms with Crippen LogP contribution in [0.2, 0.25) is 0 Å². The fraction of sp³-hybridized carbons (Fsp3) is 0.280. The Morgan fingerprint density at radius 3 is 2.14 bits per heavy atom. The van der Waals surface area contributed by atoms with E-state index in [1.54, 1.807) is 24.3 Å². The molecule has 0 fully saturated rings. The summed E-state index contributed by atoms with van der Waals surface area (Å²) in [5, 5.41) is 42.0. The predicted octanol–water partition coefficient (Wildman–Crippen LogP) is 3.16. The second kappa shape index (κ2) is 10.9. The molecule has 0 saturated carbocycles. The molecule has 2 aromatic carbocycles. The van der Waals surface area contributed by atoms with Crippen molar-refractivity contribution in [3.05, 3.63) is 86.7 Å². The zero-order valence-corrected chi connectivity index (χ0v) is 19.9. The number of carboxylic acid groups (broad SMARTS) is 2. The Bertz CT molecular complexity index is 1210. The number of carbonyl (C=O) groups is 2. The number of nitro groups is 1. The molecule has 0 aliphatic carbocycles. The molecule has 0 spiro atoms. The summed E-state index contributed by atoms with van der Waals surface area (Å²) < 4.78 is 10.9. The number of carboxylic acids is 2. The Hall–Kier alpha value is -4.38. The smallest absolute Gasteiger partial charge is 0.334 e. The monoisotopic (exact) mass is 498 g/mol. The molecule has 0 bridgehead atoms. The summed E-state index contributed by atoms with van der Waals surface area (Å²) in [6, 6.07) is 12.1. The number of aliphatic hydroxyl groups is 1. The van der Waals surface area contributed by atoms with E-state index in [1.165, 1.54) is 50.1 Å². The minimum Gasteiger partial charge on any atom is -0.493 e. The minimum absolute atomic E-state index is 0.151. The number of hydrogen-bond donors (Lipinski definition) is 3. The second-order valence-corrected chi connectivity index (χ2v) is 8.12. The molecule has 3 N–H and O–H groups in total. The Kier molecular flexibility index (Phi) is 7.95. The quantitative estimate of drug-likeness (QED) is 0.328. The van der Waals surface area contributed by atoms with Gasteiger partial charge >= 0.3 is 11.9 Å². The van der Waals surface area contributed by atoms with Crippen molar-refractivity contribution < 1.29 is 39.3 Å². The number of nitro benzene ring substituents is 1. The molecular formula is C25H26N2O9. The van der Waals surface area contributed by atoms with Crippen molar-refractivity contribution in [2.75, 3.05) is 20.3 Å². The summed E-state index contributed by atoms with van der Waals surface area (Å²) in [4.78, 5) is 36.7. The maximum atomic E-state index is 12.3. The maximum Gasteiger partial charge on any atom is 0.334 e. The van der Waals surface area contributed by atoms with E-state index in [4.69, 9.17) is 9.47 Å². The molecule has 1 unspecified atom stereocenters. The van der Waals surface area contributed by atoms with Crippen LogP contribution in [0.1, 0.15) is 25.3 Å². The predicted molar refractivity (Wildman–Crippen MR) is 128 cm³/mol. The van der Waals surface area contributed by atoms with Crippen LogP contribution in [-0.2, 0) is 9.59 Å². The lowest BCUT2D eigenvalue weighted by molar-refractivity contribution is -0.384. The summed E-state index contributed by atoms with van der Waals surface area (Å²) in [6.45, 7) is 2.69. The summed E-state index contributed by atoms with van der Waals surface area (Å²) in [5.41, 5.74) is -0.218. The average molecular weight is 498 g/mol. The lowest BCUT2D eigenvalue weighted by Crippen LogP contribution is -2.39. The Morgan fingerprint density at radius 2 is 1.61 bits per heavy atom. The molecule has 1 atom stereocenters. The van der Waals surface area contributed by atoms with Crippen molar-refractivity contribution in [1.29, 1.82) is 0 Å². The minimum atomic E-state index is -1.37. The van der Waals surface area contributed by atoms with E-state index in [1.807, 2.05) is 0 Å². The van der Waals surface area contributed by atoms with E-state index in [0.29, 0.717) is 11.5 Å². The Balaban J connectivity index is 1.97. The van der Waals surface area contributed by atoms with E-state index in [9.17, 15) is 35.0 Å². The highest BCUT2D eigenvalue weighted by Crippen LogP contribution is 2.42. The van der Waals surface area contributed by atoms with Gasteiger partial charge in [0.25, 0.3) is 5.69 Å². The van der Waals surface area contributed by atoms with Gasteiger partial charge in [0.1, 0.15) is 12.7 Å². The number of aliphatic carboxylic acids is 2. The number of aliphatic hydroxyl groups excluding tert-OH is 1. The van der Waals surface area contributed by atoms with Crippen molar-refractivity contribution in [1.82, 2.24) is 4.90 Å². The summed E-state index contributed by atoms with van der Waals surface area (Å²) in [5.74, 6) is -3.13.